The van der Waals surface area contributed by atoms with E-state index in [1.807, 2.05) is 19.1 Å². The summed E-state index contributed by atoms with van der Waals surface area (Å²) in [5.41, 5.74) is 1.90. The fraction of sp³-hybridized carbons (Fsp3) is 0.273. The number of rotatable bonds is 2. The lowest BCUT2D eigenvalue weighted by Crippen LogP contribution is -2.19. The fourth-order valence-corrected chi connectivity index (χ4v) is 0.994. The van der Waals surface area contributed by atoms with Crippen LogP contribution in [0.2, 0.25) is 0 Å². The highest BCUT2D eigenvalue weighted by atomic mass is 16.2. The lowest BCUT2D eigenvalue weighted by Gasteiger charge is -2.07. The molecular formula is C11H14N2O. The van der Waals surface area contributed by atoms with Crippen LogP contribution in [0, 0.1) is 0 Å². The van der Waals surface area contributed by atoms with Crippen LogP contribution in [0.15, 0.2) is 30.6 Å². The Kier molecular flexibility index (Phi) is 3.40. The van der Waals surface area contributed by atoms with Gasteiger partial charge in [0.1, 0.15) is 0 Å². The average molecular weight is 190 g/mol. The van der Waals surface area contributed by atoms with Crippen molar-refractivity contribution in [1.82, 2.24) is 9.88 Å². The minimum atomic E-state index is -0.00801. The Morgan fingerprint density at radius 2 is 2.21 bits per heavy atom. The van der Waals surface area contributed by atoms with E-state index in [-0.39, 0.29) is 5.91 Å². The molecule has 0 spiro atoms. The fourth-order valence-electron chi connectivity index (χ4n) is 0.994. The molecule has 0 atom stereocenters. The first-order valence-electron chi connectivity index (χ1n) is 4.41. The van der Waals surface area contributed by atoms with E-state index < -0.39 is 0 Å². The van der Waals surface area contributed by atoms with Crippen LogP contribution in [0.4, 0.5) is 0 Å². The summed E-state index contributed by atoms with van der Waals surface area (Å²) in [7, 11) is 3.46. The van der Waals surface area contributed by atoms with E-state index >= 15 is 0 Å². The molecule has 0 bridgehead atoms. The van der Waals surface area contributed by atoms with Gasteiger partial charge in [-0.1, -0.05) is 6.07 Å². The normalized spacial score (nSPS) is 11.2. The largest absolute Gasteiger partial charge is 0.345 e. The molecule has 1 aromatic rings. The molecule has 0 radical (unpaired) electrons. The van der Waals surface area contributed by atoms with E-state index in [1.165, 1.54) is 0 Å². The van der Waals surface area contributed by atoms with Crippen molar-refractivity contribution in [3.8, 4) is 0 Å². The van der Waals surface area contributed by atoms with Gasteiger partial charge in [0, 0.05) is 32.6 Å². The minimum absolute atomic E-state index is 0.00801. The van der Waals surface area contributed by atoms with Crippen molar-refractivity contribution in [3.63, 3.8) is 0 Å². The van der Waals surface area contributed by atoms with Crippen LogP contribution in [-0.4, -0.2) is 29.9 Å². The van der Waals surface area contributed by atoms with Gasteiger partial charge < -0.3 is 4.90 Å². The molecule has 0 unspecified atom stereocenters. The Balaban J connectivity index is 2.85. The highest BCUT2D eigenvalue weighted by Gasteiger charge is 2.01. The van der Waals surface area contributed by atoms with E-state index in [4.69, 9.17) is 0 Å². The second kappa shape index (κ2) is 4.56. The molecule has 1 heterocycles. The van der Waals surface area contributed by atoms with Crippen LogP contribution in [0.3, 0.4) is 0 Å². The molecular weight excluding hydrogens is 176 g/mol. The van der Waals surface area contributed by atoms with Crippen molar-refractivity contribution in [3.05, 3.63) is 36.2 Å². The summed E-state index contributed by atoms with van der Waals surface area (Å²) in [5.74, 6) is -0.00801. The minimum Gasteiger partial charge on any atom is -0.345 e. The maximum atomic E-state index is 11.4. The van der Waals surface area contributed by atoms with Gasteiger partial charge in [0.05, 0.1) is 0 Å². The number of nitrogens with zero attached hydrogens (tertiary/aromatic N) is 2. The number of hydrogen-bond acceptors (Lipinski definition) is 2. The van der Waals surface area contributed by atoms with Crippen LogP contribution in [0.5, 0.6) is 0 Å². The Morgan fingerprint density at radius 1 is 1.50 bits per heavy atom. The summed E-state index contributed by atoms with van der Waals surface area (Å²) in [6.07, 6.45) is 5.07. The van der Waals surface area contributed by atoms with Crippen LogP contribution < -0.4 is 0 Å². The molecule has 0 N–H and O–H groups in total. The van der Waals surface area contributed by atoms with E-state index in [1.54, 1.807) is 37.5 Å². The molecule has 3 heteroatoms. The number of allylic oxidation sites excluding steroid dienone is 1. The molecule has 0 fully saturated rings. The number of carbonyl (C=O) groups excluding carboxylic acids is 1. The molecule has 0 aromatic carbocycles. The summed E-state index contributed by atoms with van der Waals surface area (Å²) in [6, 6.07) is 3.79. The monoisotopic (exact) mass is 190 g/mol. The van der Waals surface area contributed by atoms with E-state index in [0.717, 1.165) is 11.1 Å². The predicted octanol–water partition coefficient (Wildman–Crippen LogP) is 1.57. The summed E-state index contributed by atoms with van der Waals surface area (Å²) in [6.45, 7) is 1.90. The summed E-state index contributed by atoms with van der Waals surface area (Å²) < 4.78 is 0. The summed E-state index contributed by atoms with van der Waals surface area (Å²) in [4.78, 5) is 16.9. The standard InChI is InChI=1S/C11H14N2O/c1-9(7-11(14)13(2)3)10-5-4-6-12-8-10/h4-8H,1-3H3/b9-7-. The third-order valence-electron chi connectivity index (χ3n) is 1.90. The Bertz CT molecular complexity index is 342. The Morgan fingerprint density at radius 3 is 2.71 bits per heavy atom. The number of hydrogen-bond donors (Lipinski definition) is 0. The third kappa shape index (κ3) is 2.69. The van der Waals surface area contributed by atoms with Crippen molar-refractivity contribution < 1.29 is 4.79 Å². The lowest BCUT2D eigenvalue weighted by atomic mass is 10.1. The molecule has 3 nitrogen and oxygen atoms in total. The zero-order valence-electron chi connectivity index (χ0n) is 8.69. The predicted molar refractivity (Wildman–Crippen MR) is 56.6 cm³/mol. The Hall–Kier alpha value is -1.64. The molecule has 0 saturated carbocycles. The summed E-state index contributed by atoms with van der Waals surface area (Å²) >= 11 is 0. The smallest absolute Gasteiger partial charge is 0.246 e. The first kappa shape index (κ1) is 10.4. The highest BCUT2D eigenvalue weighted by Crippen LogP contribution is 2.11. The van der Waals surface area contributed by atoms with Crippen molar-refractivity contribution in [2.75, 3.05) is 14.1 Å². The molecule has 1 amide bonds. The quantitative estimate of drug-likeness (QED) is 0.663. The van der Waals surface area contributed by atoms with Gasteiger partial charge in [-0.05, 0) is 24.1 Å². The van der Waals surface area contributed by atoms with Gasteiger partial charge in [-0.2, -0.15) is 0 Å². The van der Waals surface area contributed by atoms with Crippen molar-refractivity contribution in [2.24, 2.45) is 0 Å². The maximum absolute atomic E-state index is 11.4. The molecule has 1 aromatic heterocycles. The first-order chi connectivity index (χ1) is 6.61. The van der Waals surface area contributed by atoms with Crippen molar-refractivity contribution >= 4 is 11.5 Å². The molecule has 0 aliphatic carbocycles. The highest BCUT2D eigenvalue weighted by molar-refractivity contribution is 5.94. The molecule has 1 rings (SSSR count). The second-order valence-electron chi connectivity index (χ2n) is 3.30. The Labute approximate surface area is 84.1 Å². The molecule has 74 valence electrons. The van der Waals surface area contributed by atoms with Gasteiger partial charge in [0.25, 0.3) is 0 Å². The van der Waals surface area contributed by atoms with Gasteiger partial charge in [0.2, 0.25) is 5.91 Å². The van der Waals surface area contributed by atoms with Crippen LogP contribution in [0.1, 0.15) is 12.5 Å². The van der Waals surface area contributed by atoms with Crippen LogP contribution >= 0.6 is 0 Å². The van der Waals surface area contributed by atoms with Gasteiger partial charge in [-0.3, -0.25) is 9.78 Å². The zero-order chi connectivity index (χ0) is 10.6. The van der Waals surface area contributed by atoms with E-state index in [0.29, 0.717) is 0 Å². The van der Waals surface area contributed by atoms with E-state index in [9.17, 15) is 4.79 Å². The number of likely N-dealkylation sites (N-methyl/N-ethyl adjacent to an activating group) is 1. The topological polar surface area (TPSA) is 33.2 Å². The molecule has 14 heavy (non-hydrogen) atoms. The third-order valence-corrected chi connectivity index (χ3v) is 1.90. The number of aromatic nitrogens is 1. The zero-order valence-corrected chi connectivity index (χ0v) is 8.69. The molecule has 0 aliphatic rings. The van der Waals surface area contributed by atoms with Gasteiger partial charge in [-0.25, -0.2) is 0 Å². The van der Waals surface area contributed by atoms with Crippen molar-refractivity contribution in [1.29, 1.82) is 0 Å². The van der Waals surface area contributed by atoms with Gasteiger partial charge >= 0.3 is 0 Å². The second-order valence-corrected chi connectivity index (χ2v) is 3.30. The maximum Gasteiger partial charge on any atom is 0.246 e. The number of pyridine rings is 1. The van der Waals surface area contributed by atoms with Gasteiger partial charge in [-0.15, -0.1) is 0 Å². The number of carbonyl (C=O) groups is 1. The first-order valence-corrected chi connectivity index (χ1v) is 4.41. The van der Waals surface area contributed by atoms with Crippen molar-refractivity contribution in [2.45, 2.75) is 6.92 Å². The van der Waals surface area contributed by atoms with Crippen LogP contribution in [0.25, 0.3) is 5.57 Å². The molecule has 0 saturated heterocycles. The van der Waals surface area contributed by atoms with Gasteiger partial charge in [0.15, 0.2) is 0 Å². The van der Waals surface area contributed by atoms with Crippen LogP contribution in [-0.2, 0) is 4.79 Å². The SMILES string of the molecule is C/C(=C/C(=O)N(C)C)c1cccnc1. The molecule has 0 aliphatic heterocycles. The lowest BCUT2D eigenvalue weighted by molar-refractivity contribution is -0.123. The summed E-state index contributed by atoms with van der Waals surface area (Å²) in [5, 5.41) is 0. The van der Waals surface area contributed by atoms with E-state index in [2.05, 4.69) is 4.98 Å². The number of amides is 1. The average Bonchev–Trinajstić information content (AvgIpc) is 2.19.